The highest BCUT2D eigenvalue weighted by Gasteiger charge is 2.59. The Balaban J connectivity index is 1.19. The van der Waals surface area contributed by atoms with E-state index in [4.69, 9.17) is 4.74 Å². The second-order valence-corrected chi connectivity index (χ2v) is 14.2. The van der Waals surface area contributed by atoms with E-state index in [-0.39, 0.29) is 28.8 Å². The zero-order chi connectivity index (χ0) is 25.0. The number of Topliss-reactive ketones (excluding diaryl/α,β-unsaturated/α-hetero) is 1. The van der Waals surface area contributed by atoms with Gasteiger partial charge in [-0.3, -0.25) is 9.59 Å². The molecule has 196 valence electrons. The average molecular weight is 484 g/mol. The Morgan fingerprint density at radius 1 is 1.03 bits per heavy atom. The molecule has 0 bridgehead atoms. The van der Waals surface area contributed by atoms with Gasteiger partial charge in [0.1, 0.15) is 11.9 Å². The molecule has 0 aromatic carbocycles. The van der Waals surface area contributed by atoms with E-state index in [0.717, 1.165) is 63.6 Å². The average Bonchev–Trinajstić information content (AvgIpc) is 3.15. The van der Waals surface area contributed by atoms with Crippen LogP contribution in [-0.2, 0) is 14.3 Å². The fourth-order valence-corrected chi connectivity index (χ4v) is 9.63. The minimum Gasteiger partial charge on any atom is -0.462 e. The van der Waals surface area contributed by atoms with E-state index >= 15 is 0 Å². The molecule has 1 saturated heterocycles. The molecular weight excluding hydrogens is 434 g/mol. The molecule has 0 N–H and O–H groups in total. The highest BCUT2D eigenvalue weighted by molar-refractivity contribution is 5.79. The molecular formula is C31H49NO3. The van der Waals surface area contributed by atoms with Crippen LogP contribution in [0.25, 0.3) is 0 Å². The lowest BCUT2D eigenvalue weighted by atomic mass is 9.47. The molecule has 35 heavy (non-hydrogen) atoms. The Kier molecular flexibility index (Phi) is 6.77. The van der Waals surface area contributed by atoms with Crippen molar-refractivity contribution in [3.63, 3.8) is 0 Å². The van der Waals surface area contributed by atoms with Crippen LogP contribution in [-0.4, -0.2) is 42.4 Å². The normalized spacial score (nSPS) is 42.9. The number of nitrogens with zero attached hydrogens (tertiary/aromatic N) is 1. The highest BCUT2D eigenvalue weighted by atomic mass is 16.5. The topological polar surface area (TPSA) is 46.6 Å². The van der Waals surface area contributed by atoms with Crippen LogP contribution >= 0.6 is 0 Å². The minimum absolute atomic E-state index is 0.00840. The Morgan fingerprint density at radius 3 is 2.57 bits per heavy atom. The molecule has 0 radical (unpaired) electrons. The molecule has 4 fully saturated rings. The number of carbonyl (C=O) groups is 2. The SMILES string of the molecule is CC(=O)[C@H]1CC[C@H]2[C@@H]3CC=C4C[C@H](OC(=O)CCN5CCCC(C)(C)C5)CC[C@]4(C)[C@H]3CC[C@]12C. The summed E-state index contributed by atoms with van der Waals surface area (Å²) >= 11 is 0. The van der Waals surface area contributed by atoms with Gasteiger partial charge in [-0.2, -0.15) is 0 Å². The van der Waals surface area contributed by atoms with Gasteiger partial charge in [0.15, 0.2) is 0 Å². The molecule has 4 nitrogen and oxygen atoms in total. The van der Waals surface area contributed by atoms with E-state index in [2.05, 4.69) is 38.7 Å². The Morgan fingerprint density at radius 2 is 1.83 bits per heavy atom. The molecule has 5 rings (SSSR count). The van der Waals surface area contributed by atoms with Crippen molar-refractivity contribution in [2.45, 2.75) is 111 Å². The summed E-state index contributed by atoms with van der Waals surface area (Å²) in [6.45, 7) is 14.5. The van der Waals surface area contributed by atoms with Crippen LogP contribution in [0.1, 0.15) is 105 Å². The lowest BCUT2D eigenvalue weighted by Crippen LogP contribution is -2.51. The van der Waals surface area contributed by atoms with Gasteiger partial charge in [-0.15, -0.1) is 0 Å². The maximum Gasteiger partial charge on any atom is 0.307 e. The van der Waals surface area contributed by atoms with Gasteiger partial charge in [0.2, 0.25) is 0 Å². The first-order chi connectivity index (χ1) is 16.5. The number of esters is 1. The summed E-state index contributed by atoms with van der Waals surface area (Å²) in [5.41, 5.74) is 2.39. The van der Waals surface area contributed by atoms with Crippen molar-refractivity contribution in [1.29, 1.82) is 0 Å². The molecule has 3 saturated carbocycles. The van der Waals surface area contributed by atoms with Crippen molar-refractivity contribution < 1.29 is 14.3 Å². The van der Waals surface area contributed by atoms with Crippen LogP contribution in [0.15, 0.2) is 11.6 Å². The second-order valence-electron chi connectivity index (χ2n) is 14.2. The van der Waals surface area contributed by atoms with E-state index in [0.29, 0.717) is 23.5 Å². The number of hydrogen-bond acceptors (Lipinski definition) is 4. The number of ether oxygens (including phenoxy) is 1. The van der Waals surface area contributed by atoms with E-state index in [1.807, 2.05) is 6.92 Å². The molecule has 7 atom stereocenters. The quantitative estimate of drug-likeness (QED) is 0.327. The predicted molar refractivity (Wildman–Crippen MR) is 140 cm³/mol. The molecule has 0 amide bonds. The number of hydrogen-bond donors (Lipinski definition) is 0. The van der Waals surface area contributed by atoms with Crippen molar-refractivity contribution in [2.75, 3.05) is 19.6 Å². The largest absolute Gasteiger partial charge is 0.462 e. The van der Waals surface area contributed by atoms with Crippen LogP contribution in [0.5, 0.6) is 0 Å². The van der Waals surface area contributed by atoms with Gasteiger partial charge in [-0.1, -0.05) is 39.3 Å². The number of ketones is 1. The van der Waals surface area contributed by atoms with Crippen molar-refractivity contribution >= 4 is 11.8 Å². The molecule has 0 unspecified atom stereocenters. The van der Waals surface area contributed by atoms with Crippen molar-refractivity contribution in [1.82, 2.24) is 4.90 Å². The van der Waals surface area contributed by atoms with Crippen LogP contribution in [0.4, 0.5) is 0 Å². The third-order valence-electron chi connectivity index (χ3n) is 11.5. The van der Waals surface area contributed by atoms with Crippen LogP contribution in [0, 0.1) is 39.9 Å². The Labute approximate surface area is 213 Å². The Hall–Kier alpha value is -1.16. The summed E-state index contributed by atoms with van der Waals surface area (Å²) in [5.74, 6) is 2.83. The van der Waals surface area contributed by atoms with Gasteiger partial charge in [0.05, 0.1) is 6.42 Å². The fourth-order valence-electron chi connectivity index (χ4n) is 9.63. The lowest BCUT2D eigenvalue weighted by Gasteiger charge is -2.58. The number of carbonyl (C=O) groups excluding carboxylic acids is 2. The summed E-state index contributed by atoms with van der Waals surface area (Å²) in [5, 5.41) is 0. The van der Waals surface area contributed by atoms with Gasteiger partial charge >= 0.3 is 5.97 Å². The first-order valence-electron chi connectivity index (χ1n) is 14.6. The second kappa shape index (κ2) is 9.30. The summed E-state index contributed by atoms with van der Waals surface area (Å²) in [6.07, 6.45) is 14.6. The van der Waals surface area contributed by atoms with Crippen LogP contribution in [0.3, 0.4) is 0 Å². The molecule has 4 aliphatic carbocycles. The number of rotatable bonds is 5. The highest BCUT2D eigenvalue weighted by Crippen LogP contribution is 2.66. The predicted octanol–water partition coefficient (Wildman–Crippen LogP) is 6.58. The van der Waals surface area contributed by atoms with E-state index in [9.17, 15) is 9.59 Å². The molecule has 0 aromatic rings. The van der Waals surface area contributed by atoms with E-state index in [1.54, 1.807) is 5.57 Å². The van der Waals surface area contributed by atoms with Gasteiger partial charge in [0, 0.05) is 25.4 Å². The Bertz CT molecular complexity index is 876. The summed E-state index contributed by atoms with van der Waals surface area (Å²) in [7, 11) is 0. The number of piperidine rings is 1. The third-order valence-corrected chi connectivity index (χ3v) is 11.5. The van der Waals surface area contributed by atoms with Gasteiger partial charge in [0.25, 0.3) is 0 Å². The molecule has 0 spiro atoms. The molecule has 1 heterocycles. The molecule has 5 aliphatic rings. The first-order valence-corrected chi connectivity index (χ1v) is 14.6. The van der Waals surface area contributed by atoms with Crippen molar-refractivity contribution in [3.05, 3.63) is 11.6 Å². The molecule has 1 aliphatic heterocycles. The lowest BCUT2D eigenvalue weighted by molar-refractivity contribution is -0.152. The van der Waals surface area contributed by atoms with Gasteiger partial charge in [-0.25, -0.2) is 0 Å². The summed E-state index contributed by atoms with van der Waals surface area (Å²) in [6, 6.07) is 0. The number of allylic oxidation sites excluding steroid dienone is 1. The minimum atomic E-state index is -0.00840. The zero-order valence-electron chi connectivity index (χ0n) is 23.0. The maximum atomic E-state index is 12.7. The third kappa shape index (κ3) is 4.66. The molecule has 0 aromatic heterocycles. The molecule has 4 heteroatoms. The van der Waals surface area contributed by atoms with E-state index in [1.165, 1.54) is 32.1 Å². The maximum absolute atomic E-state index is 12.7. The van der Waals surface area contributed by atoms with Crippen molar-refractivity contribution in [3.8, 4) is 0 Å². The fraction of sp³-hybridized carbons (Fsp3) is 0.871. The monoisotopic (exact) mass is 483 g/mol. The number of fused-ring (bicyclic) bond motifs is 5. The van der Waals surface area contributed by atoms with Gasteiger partial charge < -0.3 is 9.64 Å². The number of likely N-dealkylation sites (tertiary alicyclic amines) is 1. The summed E-state index contributed by atoms with van der Waals surface area (Å²) in [4.78, 5) is 27.6. The van der Waals surface area contributed by atoms with Crippen molar-refractivity contribution in [2.24, 2.45) is 39.9 Å². The zero-order valence-corrected chi connectivity index (χ0v) is 23.0. The smallest absolute Gasteiger partial charge is 0.307 e. The standard InChI is InChI=1S/C31H49NO3/c1-21(33)25-9-10-26-24-8-7-22-19-23(11-15-30(22,4)27(24)12-16-31(25,26)5)35-28(34)13-18-32-17-6-14-29(2,3)20-32/h7,23-27H,6,8-20H2,1-5H3/t23-,24+,25-,26+,27+,30+,31-/m1/s1. The summed E-state index contributed by atoms with van der Waals surface area (Å²) < 4.78 is 6.05. The van der Waals surface area contributed by atoms with E-state index < -0.39 is 0 Å². The van der Waals surface area contributed by atoms with Crippen LogP contribution < -0.4 is 0 Å². The first kappa shape index (κ1) is 25.5. The van der Waals surface area contributed by atoms with Gasteiger partial charge in [-0.05, 0) is 105 Å². The van der Waals surface area contributed by atoms with Crippen LogP contribution in [0.2, 0.25) is 0 Å².